The van der Waals surface area contributed by atoms with Crippen molar-refractivity contribution in [1.82, 2.24) is 9.55 Å². The molecule has 1 heterocycles. The fourth-order valence-electron chi connectivity index (χ4n) is 1.97. The zero-order valence-corrected chi connectivity index (χ0v) is 13.4. The Morgan fingerprint density at radius 3 is 2.58 bits per heavy atom. The Morgan fingerprint density at radius 2 is 1.84 bits per heavy atom. The van der Waals surface area contributed by atoms with Crippen LogP contribution in [-0.2, 0) is 0 Å². The third kappa shape index (κ3) is 2.17. The molecule has 0 aliphatic heterocycles. The summed E-state index contributed by atoms with van der Waals surface area (Å²) < 4.78 is 17.4. The van der Waals surface area contributed by atoms with Crippen molar-refractivity contribution in [2.24, 2.45) is 0 Å². The van der Waals surface area contributed by atoms with Gasteiger partial charge in [0.15, 0.2) is 4.77 Å². The molecule has 1 N–H and O–H groups in total. The van der Waals surface area contributed by atoms with Gasteiger partial charge in [-0.2, -0.15) is 0 Å². The highest BCUT2D eigenvalue weighted by Crippen LogP contribution is 2.28. The van der Waals surface area contributed by atoms with E-state index in [1.807, 2.05) is 28.8 Å². The number of nitrogens with zero attached hydrogens (tertiary/aromatic N) is 1. The summed E-state index contributed by atoms with van der Waals surface area (Å²) in [7, 11) is 0. The Morgan fingerprint density at radius 1 is 1.11 bits per heavy atom. The van der Waals surface area contributed by atoms with Crippen LogP contribution in [0.1, 0.15) is 0 Å². The van der Waals surface area contributed by atoms with Crippen LogP contribution in [0.3, 0.4) is 0 Å². The lowest BCUT2D eigenvalue weighted by Gasteiger charge is -2.07. The molecule has 0 amide bonds. The molecule has 0 fully saturated rings. The fourth-order valence-corrected chi connectivity index (χ4v) is 3.09. The Balaban J connectivity index is 2.42. The van der Waals surface area contributed by atoms with Gasteiger partial charge in [0, 0.05) is 10.5 Å². The number of halogens is 3. The summed E-state index contributed by atoms with van der Waals surface area (Å²) in [6, 6.07) is 10.8. The molecule has 0 aliphatic carbocycles. The van der Waals surface area contributed by atoms with E-state index in [9.17, 15) is 4.39 Å². The van der Waals surface area contributed by atoms with Gasteiger partial charge in [-0.3, -0.25) is 4.57 Å². The van der Waals surface area contributed by atoms with Crippen molar-refractivity contribution in [1.29, 1.82) is 0 Å². The lowest BCUT2D eigenvalue weighted by atomic mass is 10.2. The van der Waals surface area contributed by atoms with Crippen LogP contribution in [0.15, 0.2) is 45.3 Å². The number of para-hydroxylation sites is 1. The molecule has 0 aliphatic rings. The number of nitrogens with one attached hydrogen (secondary N) is 1. The number of hydrogen-bond donors (Lipinski definition) is 1. The van der Waals surface area contributed by atoms with Crippen molar-refractivity contribution >= 4 is 55.1 Å². The third-order valence-electron chi connectivity index (χ3n) is 2.82. The number of aromatic amines is 1. The average Bonchev–Trinajstić information content (AvgIpc) is 2.66. The first-order valence-corrected chi connectivity index (χ1v) is 7.42. The quantitative estimate of drug-likeness (QED) is 0.545. The van der Waals surface area contributed by atoms with Crippen molar-refractivity contribution in [3.63, 3.8) is 0 Å². The highest BCUT2D eigenvalue weighted by Gasteiger charge is 2.11. The van der Waals surface area contributed by atoms with Gasteiger partial charge in [0.25, 0.3) is 0 Å². The maximum atomic E-state index is 13.7. The van der Waals surface area contributed by atoms with Crippen LogP contribution in [0.5, 0.6) is 0 Å². The summed E-state index contributed by atoms with van der Waals surface area (Å²) in [4.78, 5) is 3.08. The van der Waals surface area contributed by atoms with Crippen LogP contribution in [0, 0.1) is 10.6 Å². The predicted octanol–water partition coefficient (Wildman–Crippen LogP) is 5.35. The van der Waals surface area contributed by atoms with E-state index in [4.69, 9.17) is 12.2 Å². The second-order valence-electron chi connectivity index (χ2n) is 4.00. The largest absolute Gasteiger partial charge is 0.330 e. The smallest absolute Gasteiger partial charge is 0.182 e. The number of rotatable bonds is 1. The van der Waals surface area contributed by atoms with Gasteiger partial charge in [-0.05, 0) is 62.3 Å². The summed E-state index contributed by atoms with van der Waals surface area (Å²) in [5.74, 6) is -0.317. The van der Waals surface area contributed by atoms with E-state index in [0.29, 0.717) is 14.8 Å². The minimum atomic E-state index is -0.317. The number of imidazole rings is 1. The standard InChI is InChI=1S/C13H7Br2FN2S/c14-7-3-1-2-4-11(7)18-12-6-9(16)8(15)5-10(12)17-13(18)19/h1-6H,(H,17,19). The van der Waals surface area contributed by atoms with Gasteiger partial charge in [-0.15, -0.1) is 0 Å². The molecule has 6 heteroatoms. The normalized spacial score (nSPS) is 11.1. The molecule has 96 valence electrons. The number of fused-ring (bicyclic) bond motifs is 1. The molecule has 2 nitrogen and oxygen atoms in total. The highest BCUT2D eigenvalue weighted by atomic mass is 79.9. The monoisotopic (exact) mass is 400 g/mol. The minimum Gasteiger partial charge on any atom is -0.330 e. The Labute approximate surface area is 130 Å². The van der Waals surface area contributed by atoms with Gasteiger partial charge in [-0.25, -0.2) is 4.39 Å². The van der Waals surface area contributed by atoms with E-state index in [-0.39, 0.29) is 5.82 Å². The fraction of sp³-hybridized carbons (Fsp3) is 0. The Kier molecular flexibility index (Phi) is 3.32. The van der Waals surface area contributed by atoms with Gasteiger partial charge in [0.05, 0.1) is 21.2 Å². The molecule has 3 rings (SSSR count). The summed E-state index contributed by atoms with van der Waals surface area (Å²) in [6.07, 6.45) is 0. The van der Waals surface area contributed by atoms with E-state index in [0.717, 1.165) is 15.7 Å². The average molecular weight is 402 g/mol. The molecule has 0 spiro atoms. The summed E-state index contributed by atoms with van der Waals surface area (Å²) in [6.45, 7) is 0. The SMILES string of the molecule is Fc1cc2c(cc1Br)[nH]c(=S)n2-c1ccccc1Br. The van der Waals surface area contributed by atoms with Crippen LogP contribution < -0.4 is 0 Å². The van der Waals surface area contributed by atoms with E-state index >= 15 is 0 Å². The second kappa shape index (κ2) is 4.85. The van der Waals surface area contributed by atoms with E-state index in [1.54, 1.807) is 6.07 Å². The number of aromatic nitrogens is 2. The van der Waals surface area contributed by atoms with Crippen LogP contribution in [0.4, 0.5) is 4.39 Å². The Bertz CT molecular complexity index is 838. The molecule has 0 saturated carbocycles. The zero-order valence-electron chi connectivity index (χ0n) is 9.45. The number of hydrogen-bond acceptors (Lipinski definition) is 1. The second-order valence-corrected chi connectivity index (χ2v) is 6.10. The first-order chi connectivity index (χ1) is 9.08. The maximum Gasteiger partial charge on any atom is 0.182 e. The van der Waals surface area contributed by atoms with Crippen molar-refractivity contribution in [2.45, 2.75) is 0 Å². The third-order valence-corrected chi connectivity index (χ3v) is 4.38. The van der Waals surface area contributed by atoms with Crippen molar-refractivity contribution in [3.8, 4) is 5.69 Å². The molecule has 3 aromatic rings. The van der Waals surface area contributed by atoms with Crippen molar-refractivity contribution < 1.29 is 4.39 Å². The zero-order chi connectivity index (χ0) is 13.6. The van der Waals surface area contributed by atoms with E-state index in [2.05, 4.69) is 36.8 Å². The van der Waals surface area contributed by atoms with Crippen LogP contribution in [-0.4, -0.2) is 9.55 Å². The van der Waals surface area contributed by atoms with E-state index < -0.39 is 0 Å². The lowest BCUT2D eigenvalue weighted by molar-refractivity contribution is 0.622. The summed E-state index contributed by atoms with van der Waals surface area (Å²) >= 11 is 12.0. The molecule has 0 bridgehead atoms. The van der Waals surface area contributed by atoms with Crippen LogP contribution >= 0.6 is 44.1 Å². The molecule has 1 aromatic heterocycles. The summed E-state index contributed by atoms with van der Waals surface area (Å²) in [5.41, 5.74) is 2.37. The van der Waals surface area contributed by atoms with Crippen LogP contribution in [0.25, 0.3) is 16.7 Å². The molecule has 0 atom stereocenters. The molecule has 19 heavy (non-hydrogen) atoms. The number of benzene rings is 2. The molecular formula is C13H7Br2FN2S. The molecule has 0 saturated heterocycles. The first-order valence-electron chi connectivity index (χ1n) is 5.42. The van der Waals surface area contributed by atoms with Crippen molar-refractivity contribution in [2.75, 3.05) is 0 Å². The number of H-pyrrole nitrogens is 1. The molecule has 2 aromatic carbocycles. The molecular weight excluding hydrogens is 395 g/mol. The Hall–Kier alpha value is -0.980. The van der Waals surface area contributed by atoms with Gasteiger partial charge in [-0.1, -0.05) is 12.1 Å². The predicted molar refractivity (Wildman–Crippen MR) is 83.8 cm³/mol. The molecule has 0 radical (unpaired) electrons. The first kappa shape index (κ1) is 13.0. The molecule has 0 unspecified atom stereocenters. The van der Waals surface area contributed by atoms with Gasteiger partial charge < -0.3 is 4.98 Å². The maximum absolute atomic E-state index is 13.7. The van der Waals surface area contributed by atoms with Gasteiger partial charge in [0.1, 0.15) is 5.82 Å². The van der Waals surface area contributed by atoms with E-state index in [1.165, 1.54) is 6.07 Å². The highest BCUT2D eigenvalue weighted by molar-refractivity contribution is 9.10. The summed E-state index contributed by atoms with van der Waals surface area (Å²) in [5, 5.41) is 0. The lowest BCUT2D eigenvalue weighted by Crippen LogP contribution is -1.95. The van der Waals surface area contributed by atoms with Gasteiger partial charge in [0.2, 0.25) is 0 Å². The van der Waals surface area contributed by atoms with Crippen LogP contribution in [0.2, 0.25) is 0 Å². The minimum absolute atomic E-state index is 0.317. The topological polar surface area (TPSA) is 20.7 Å². The van der Waals surface area contributed by atoms with Crippen molar-refractivity contribution in [3.05, 3.63) is 55.9 Å². The van der Waals surface area contributed by atoms with Gasteiger partial charge >= 0.3 is 0 Å².